The molecule has 0 bridgehead atoms. The van der Waals surface area contributed by atoms with Gasteiger partial charge in [-0.2, -0.15) is 0 Å². The van der Waals surface area contributed by atoms with Gasteiger partial charge in [-0.1, -0.05) is 23.9 Å². The maximum absolute atomic E-state index is 11.2. The molecule has 0 spiro atoms. The highest BCUT2D eigenvalue weighted by atomic mass is 32.2. The molecule has 21 heavy (non-hydrogen) atoms. The lowest BCUT2D eigenvalue weighted by molar-refractivity contribution is -0.384. The first-order chi connectivity index (χ1) is 10.1. The van der Waals surface area contributed by atoms with Crippen molar-refractivity contribution < 1.29 is 4.92 Å². The Labute approximate surface area is 125 Å². The first-order valence-electron chi connectivity index (χ1n) is 6.30. The van der Waals surface area contributed by atoms with Gasteiger partial charge in [-0.3, -0.25) is 14.9 Å². The van der Waals surface area contributed by atoms with E-state index in [0.717, 1.165) is 5.56 Å². The summed E-state index contributed by atoms with van der Waals surface area (Å²) in [6, 6.07) is 6.27. The zero-order valence-corrected chi connectivity index (χ0v) is 12.1. The van der Waals surface area contributed by atoms with Crippen LogP contribution in [0.3, 0.4) is 0 Å². The lowest BCUT2D eigenvalue weighted by atomic mass is 10.1. The van der Waals surface area contributed by atoms with E-state index in [1.54, 1.807) is 6.07 Å². The van der Waals surface area contributed by atoms with Gasteiger partial charge in [0.25, 0.3) is 11.2 Å². The molecule has 7 nitrogen and oxygen atoms in total. The fourth-order valence-corrected chi connectivity index (χ4v) is 2.65. The van der Waals surface area contributed by atoms with Gasteiger partial charge in [-0.15, -0.1) is 0 Å². The van der Waals surface area contributed by atoms with Crippen molar-refractivity contribution in [2.45, 2.75) is 17.8 Å². The number of aromatic nitrogens is 2. The molecule has 1 aromatic carbocycles. The first-order valence-corrected chi connectivity index (χ1v) is 7.28. The van der Waals surface area contributed by atoms with Crippen LogP contribution in [-0.2, 0) is 5.75 Å². The maximum atomic E-state index is 11.2. The average Bonchev–Trinajstić information content (AvgIpc) is 2.46. The standard InChI is InChI=1S/C13H14N4O3S/c1-2-14-12-9(4-3-5-10(12)17(19)20)8-21-13-15-7-6-11(18)16-13/h3-7,14H,2,8H2,1H3,(H,15,16,18). The molecule has 0 aliphatic carbocycles. The third-order valence-corrected chi connectivity index (χ3v) is 3.63. The predicted octanol–water partition coefficient (Wildman–Crippen LogP) is 2.40. The number of H-pyrrole nitrogens is 1. The molecular formula is C13H14N4O3S. The van der Waals surface area contributed by atoms with Crippen LogP contribution in [0.25, 0.3) is 0 Å². The van der Waals surface area contributed by atoms with Crippen molar-refractivity contribution in [3.05, 3.63) is 56.5 Å². The van der Waals surface area contributed by atoms with Crippen LogP contribution in [0.1, 0.15) is 12.5 Å². The molecule has 0 unspecified atom stereocenters. The SMILES string of the molecule is CCNc1c(CSc2nccc(=O)[nH]2)cccc1[N+](=O)[O-]. The monoisotopic (exact) mass is 306 g/mol. The van der Waals surface area contributed by atoms with E-state index in [9.17, 15) is 14.9 Å². The van der Waals surface area contributed by atoms with Crippen molar-refractivity contribution in [2.24, 2.45) is 0 Å². The Balaban J connectivity index is 2.25. The molecular weight excluding hydrogens is 292 g/mol. The molecule has 0 fully saturated rings. The molecule has 2 N–H and O–H groups in total. The Morgan fingerprint density at radius 3 is 2.90 bits per heavy atom. The summed E-state index contributed by atoms with van der Waals surface area (Å²) < 4.78 is 0. The zero-order chi connectivity index (χ0) is 15.2. The van der Waals surface area contributed by atoms with Crippen LogP contribution < -0.4 is 10.9 Å². The summed E-state index contributed by atoms with van der Waals surface area (Å²) in [6.07, 6.45) is 1.43. The third kappa shape index (κ3) is 3.82. The predicted molar refractivity (Wildman–Crippen MR) is 81.7 cm³/mol. The van der Waals surface area contributed by atoms with Crippen molar-refractivity contribution in [2.75, 3.05) is 11.9 Å². The van der Waals surface area contributed by atoms with Crippen molar-refractivity contribution in [3.8, 4) is 0 Å². The van der Waals surface area contributed by atoms with Gasteiger partial charge in [0.2, 0.25) is 0 Å². The number of thioether (sulfide) groups is 1. The summed E-state index contributed by atoms with van der Waals surface area (Å²) in [5.41, 5.74) is 1.13. The van der Waals surface area contributed by atoms with E-state index in [2.05, 4.69) is 15.3 Å². The van der Waals surface area contributed by atoms with Gasteiger partial charge in [-0.25, -0.2) is 4.98 Å². The number of anilines is 1. The van der Waals surface area contributed by atoms with Crippen LogP contribution in [0.5, 0.6) is 0 Å². The molecule has 1 aromatic heterocycles. The minimum atomic E-state index is -0.408. The maximum Gasteiger partial charge on any atom is 0.292 e. The molecule has 0 atom stereocenters. The Morgan fingerprint density at radius 1 is 1.43 bits per heavy atom. The average molecular weight is 306 g/mol. The van der Waals surface area contributed by atoms with Crippen LogP contribution in [0, 0.1) is 10.1 Å². The summed E-state index contributed by atoms with van der Waals surface area (Å²) in [7, 11) is 0. The number of hydrogen-bond acceptors (Lipinski definition) is 6. The zero-order valence-electron chi connectivity index (χ0n) is 11.3. The lowest BCUT2D eigenvalue weighted by Gasteiger charge is -2.10. The number of nitrogens with one attached hydrogen (secondary N) is 2. The van der Waals surface area contributed by atoms with Gasteiger partial charge in [0, 0.05) is 30.6 Å². The molecule has 0 radical (unpaired) electrons. The van der Waals surface area contributed by atoms with Crippen LogP contribution in [0.4, 0.5) is 11.4 Å². The van der Waals surface area contributed by atoms with Crippen LogP contribution in [-0.4, -0.2) is 21.4 Å². The van der Waals surface area contributed by atoms with Crippen molar-refractivity contribution in [1.29, 1.82) is 0 Å². The van der Waals surface area contributed by atoms with E-state index in [-0.39, 0.29) is 11.2 Å². The minimum Gasteiger partial charge on any atom is -0.380 e. The first kappa shape index (κ1) is 15.0. The third-order valence-electron chi connectivity index (χ3n) is 2.69. The number of nitro groups is 1. The van der Waals surface area contributed by atoms with Gasteiger partial charge >= 0.3 is 0 Å². The molecule has 2 aromatic rings. The lowest BCUT2D eigenvalue weighted by Crippen LogP contribution is -2.06. The number of rotatable bonds is 6. The molecule has 0 saturated carbocycles. The quantitative estimate of drug-likeness (QED) is 0.368. The summed E-state index contributed by atoms with van der Waals surface area (Å²) in [6.45, 7) is 2.47. The van der Waals surface area contributed by atoms with Gasteiger partial charge < -0.3 is 10.3 Å². The number of benzene rings is 1. The second-order valence-corrected chi connectivity index (χ2v) is 5.09. The molecule has 8 heteroatoms. The van der Waals surface area contributed by atoms with Crippen molar-refractivity contribution in [1.82, 2.24) is 9.97 Å². The fraction of sp³-hybridized carbons (Fsp3) is 0.231. The molecule has 0 aliphatic rings. The summed E-state index contributed by atoms with van der Waals surface area (Å²) in [4.78, 5) is 28.5. The second-order valence-electron chi connectivity index (χ2n) is 4.13. The van der Waals surface area contributed by atoms with E-state index >= 15 is 0 Å². The van der Waals surface area contributed by atoms with Crippen LogP contribution >= 0.6 is 11.8 Å². The van der Waals surface area contributed by atoms with E-state index in [1.807, 2.05) is 13.0 Å². The van der Waals surface area contributed by atoms with Gasteiger partial charge in [0.1, 0.15) is 5.69 Å². The summed E-state index contributed by atoms with van der Waals surface area (Å²) >= 11 is 1.32. The topological polar surface area (TPSA) is 101 Å². The number of nitrogens with zero attached hydrogens (tertiary/aromatic N) is 2. The van der Waals surface area contributed by atoms with Crippen molar-refractivity contribution >= 4 is 23.1 Å². The van der Waals surface area contributed by atoms with Gasteiger partial charge in [0.15, 0.2) is 5.16 Å². The molecule has 0 amide bonds. The summed E-state index contributed by atoms with van der Waals surface area (Å²) in [5.74, 6) is 0.469. The molecule has 1 heterocycles. The Kier molecular flexibility index (Phi) is 4.94. The van der Waals surface area contributed by atoms with E-state index in [4.69, 9.17) is 0 Å². The van der Waals surface area contributed by atoms with Gasteiger partial charge in [0.05, 0.1) is 4.92 Å². The molecule has 2 rings (SSSR count). The second kappa shape index (κ2) is 6.89. The van der Waals surface area contributed by atoms with E-state index in [1.165, 1.54) is 30.1 Å². The minimum absolute atomic E-state index is 0.0458. The highest BCUT2D eigenvalue weighted by Crippen LogP contribution is 2.31. The fourth-order valence-electron chi connectivity index (χ4n) is 1.81. The number of nitro benzene ring substituents is 1. The van der Waals surface area contributed by atoms with Crippen LogP contribution in [0.15, 0.2) is 40.4 Å². The highest BCUT2D eigenvalue weighted by molar-refractivity contribution is 7.98. The largest absolute Gasteiger partial charge is 0.380 e. The normalized spacial score (nSPS) is 10.3. The van der Waals surface area contributed by atoms with E-state index in [0.29, 0.717) is 23.1 Å². The molecule has 110 valence electrons. The molecule has 0 aliphatic heterocycles. The Hall–Kier alpha value is -2.35. The number of hydrogen-bond donors (Lipinski definition) is 2. The van der Waals surface area contributed by atoms with Crippen molar-refractivity contribution in [3.63, 3.8) is 0 Å². The van der Waals surface area contributed by atoms with E-state index < -0.39 is 4.92 Å². The molecule has 0 saturated heterocycles. The van der Waals surface area contributed by atoms with Gasteiger partial charge in [-0.05, 0) is 12.5 Å². The summed E-state index contributed by atoms with van der Waals surface area (Å²) in [5, 5.41) is 14.6. The number of aromatic amines is 1. The highest BCUT2D eigenvalue weighted by Gasteiger charge is 2.16. The Bertz CT molecular complexity index is 702. The number of para-hydroxylation sites is 1. The Morgan fingerprint density at radius 2 is 2.24 bits per heavy atom. The van der Waals surface area contributed by atoms with Crippen LogP contribution in [0.2, 0.25) is 0 Å². The smallest absolute Gasteiger partial charge is 0.292 e.